The van der Waals surface area contributed by atoms with Gasteiger partial charge in [0.1, 0.15) is 11.4 Å². The SMILES string of the molecule is OC1(c2nccn2Cc2ccccc2-c2ccccc2)CCC1. The molecule has 4 rings (SSSR count). The maximum atomic E-state index is 10.6. The van der Waals surface area contributed by atoms with Gasteiger partial charge >= 0.3 is 0 Å². The summed E-state index contributed by atoms with van der Waals surface area (Å²) in [4.78, 5) is 4.42. The van der Waals surface area contributed by atoms with Crippen LogP contribution in [0.5, 0.6) is 0 Å². The van der Waals surface area contributed by atoms with E-state index in [0.717, 1.165) is 31.6 Å². The van der Waals surface area contributed by atoms with E-state index >= 15 is 0 Å². The average molecular weight is 304 g/mol. The lowest BCUT2D eigenvalue weighted by atomic mass is 9.79. The van der Waals surface area contributed by atoms with Crippen molar-refractivity contribution in [3.8, 4) is 11.1 Å². The Morgan fingerprint density at radius 2 is 1.74 bits per heavy atom. The molecule has 3 aromatic rings. The van der Waals surface area contributed by atoms with Crippen LogP contribution in [0.4, 0.5) is 0 Å². The molecule has 0 unspecified atom stereocenters. The maximum Gasteiger partial charge on any atom is 0.141 e. The second kappa shape index (κ2) is 5.67. The minimum atomic E-state index is -0.731. The van der Waals surface area contributed by atoms with Crippen molar-refractivity contribution < 1.29 is 5.11 Å². The first-order valence-electron chi connectivity index (χ1n) is 8.14. The van der Waals surface area contributed by atoms with Crippen molar-refractivity contribution >= 4 is 0 Å². The van der Waals surface area contributed by atoms with E-state index in [4.69, 9.17) is 0 Å². The summed E-state index contributed by atoms with van der Waals surface area (Å²) in [7, 11) is 0. The highest BCUT2D eigenvalue weighted by Crippen LogP contribution is 2.40. The highest BCUT2D eigenvalue weighted by molar-refractivity contribution is 5.67. The summed E-state index contributed by atoms with van der Waals surface area (Å²) in [6.45, 7) is 0.725. The van der Waals surface area contributed by atoms with Crippen LogP contribution in [0.15, 0.2) is 67.0 Å². The average Bonchev–Trinajstić information content (AvgIpc) is 3.02. The lowest BCUT2D eigenvalue weighted by molar-refractivity contribution is -0.0492. The molecular formula is C20H20N2O. The Kier molecular flexibility index (Phi) is 3.50. The number of nitrogens with zero attached hydrogens (tertiary/aromatic N) is 2. The number of aliphatic hydroxyl groups is 1. The fourth-order valence-corrected chi connectivity index (χ4v) is 3.32. The molecule has 2 aromatic carbocycles. The Morgan fingerprint density at radius 1 is 1.00 bits per heavy atom. The summed E-state index contributed by atoms with van der Waals surface area (Å²) in [6, 6.07) is 18.9. The van der Waals surface area contributed by atoms with Crippen LogP contribution in [-0.4, -0.2) is 14.7 Å². The van der Waals surface area contributed by atoms with E-state index in [2.05, 4.69) is 58.1 Å². The molecule has 116 valence electrons. The highest BCUT2D eigenvalue weighted by Gasteiger charge is 2.39. The van der Waals surface area contributed by atoms with Crippen molar-refractivity contribution in [1.29, 1.82) is 0 Å². The third-order valence-corrected chi connectivity index (χ3v) is 4.76. The van der Waals surface area contributed by atoms with Crippen molar-refractivity contribution in [2.24, 2.45) is 0 Å². The Balaban J connectivity index is 1.70. The predicted octanol–water partition coefficient (Wildman–Crippen LogP) is 3.97. The fraction of sp³-hybridized carbons (Fsp3) is 0.250. The molecule has 1 N–H and O–H groups in total. The molecule has 1 saturated carbocycles. The fourth-order valence-electron chi connectivity index (χ4n) is 3.32. The first-order valence-corrected chi connectivity index (χ1v) is 8.14. The Labute approximate surface area is 136 Å². The Morgan fingerprint density at radius 3 is 2.48 bits per heavy atom. The Hall–Kier alpha value is -2.39. The van der Waals surface area contributed by atoms with Gasteiger partial charge in [-0.1, -0.05) is 54.6 Å². The molecule has 0 atom stereocenters. The largest absolute Gasteiger partial charge is 0.382 e. The van der Waals surface area contributed by atoms with Crippen LogP contribution in [0.2, 0.25) is 0 Å². The van der Waals surface area contributed by atoms with E-state index in [1.54, 1.807) is 6.20 Å². The normalized spacial score (nSPS) is 16.0. The minimum Gasteiger partial charge on any atom is -0.382 e. The van der Waals surface area contributed by atoms with E-state index in [1.807, 2.05) is 12.3 Å². The molecular weight excluding hydrogens is 284 g/mol. The molecule has 0 aliphatic heterocycles. The topological polar surface area (TPSA) is 38.1 Å². The molecule has 1 aliphatic rings. The van der Waals surface area contributed by atoms with Gasteiger partial charge < -0.3 is 9.67 Å². The van der Waals surface area contributed by atoms with Gasteiger partial charge in [0.25, 0.3) is 0 Å². The zero-order chi connectivity index (χ0) is 15.7. The molecule has 3 nitrogen and oxygen atoms in total. The molecule has 1 fully saturated rings. The zero-order valence-electron chi connectivity index (χ0n) is 13.0. The van der Waals surface area contributed by atoms with Crippen LogP contribution in [0.25, 0.3) is 11.1 Å². The molecule has 0 saturated heterocycles. The molecule has 0 amide bonds. The number of rotatable bonds is 4. The van der Waals surface area contributed by atoms with E-state index in [1.165, 1.54) is 16.7 Å². The molecule has 0 bridgehead atoms. The van der Waals surface area contributed by atoms with Crippen LogP contribution in [0.3, 0.4) is 0 Å². The molecule has 3 heteroatoms. The number of aromatic nitrogens is 2. The molecule has 1 aromatic heterocycles. The van der Waals surface area contributed by atoms with Crippen LogP contribution in [-0.2, 0) is 12.1 Å². The van der Waals surface area contributed by atoms with Crippen molar-refractivity contribution in [2.45, 2.75) is 31.4 Å². The summed E-state index contributed by atoms with van der Waals surface area (Å²) in [6.07, 6.45) is 6.45. The second-order valence-corrected chi connectivity index (χ2v) is 6.29. The summed E-state index contributed by atoms with van der Waals surface area (Å²) in [5.74, 6) is 0.798. The van der Waals surface area contributed by atoms with Crippen molar-refractivity contribution in [3.63, 3.8) is 0 Å². The maximum absolute atomic E-state index is 10.6. The van der Waals surface area contributed by atoms with E-state index < -0.39 is 5.60 Å². The summed E-state index contributed by atoms with van der Waals surface area (Å²) >= 11 is 0. The van der Waals surface area contributed by atoms with Crippen LogP contribution in [0.1, 0.15) is 30.7 Å². The second-order valence-electron chi connectivity index (χ2n) is 6.29. The monoisotopic (exact) mass is 304 g/mol. The summed E-state index contributed by atoms with van der Waals surface area (Å²) in [5.41, 5.74) is 2.95. The van der Waals surface area contributed by atoms with Gasteiger partial charge in [0, 0.05) is 18.9 Å². The standard InChI is InChI=1S/C20H20N2O/c23-20(11-6-12-20)19-21-13-14-22(19)15-17-9-4-5-10-18(17)16-7-2-1-3-8-16/h1-5,7-10,13-14,23H,6,11-12,15H2. The van der Waals surface area contributed by atoms with Gasteiger partial charge in [-0.3, -0.25) is 0 Å². The Bertz CT molecular complexity index is 803. The quantitative estimate of drug-likeness (QED) is 0.792. The third kappa shape index (κ3) is 2.57. The van der Waals surface area contributed by atoms with Gasteiger partial charge in [0.15, 0.2) is 0 Å². The van der Waals surface area contributed by atoms with E-state index in [-0.39, 0.29) is 0 Å². The molecule has 0 radical (unpaired) electrons. The lowest BCUT2D eigenvalue weighted by Crippen LogP contribution is -2.36. The molecule has 23 heavy (non-hydrogen) atoms. The lowest BCUT2D eigenvalue weighted by Gasteiger charge is -2.36. The van der Waals surface area contributed by atoms with Crippen molar-refractivity contribution in [3.05, 3.63) is 78.4 Å². The van der Waals surface area contributed by atoms with Gasteiger partial charge in [-0.2, -0.15) is 0 Å². The van der Waals surface area contributed by atoms with Crippen LogP contribution < -0.4 is 0 Å². The third-order valence-electron chi connectivity index (χ3n) is 4.76. The van der Waals surface area contributed by atoms with Crippen LogP contribution in [0, 0.1) is 0 Å². The highest BCUT2D eigenvalue weighted by atomic mass is 16.3. The van der Waals surface area contributed by atoms with Gasteiger partial charge in [0.05, 0.1) is 0 Å². The summed E-state index contributed by atoms with van der Waals surface area (Å²) < 4.78 is 2.08. The van der Waals surface area contributed by atoms with Crippen molar-refractivity contribution in [1.82, 2.24) is 9.55 Å². The van der Waals surface area contributed by atoms with Crippen molar-refractivity contribution in [2.75, 3.05) is 0 Å². The van der Waals surface area contributed by atoms with Crippen LogP contribution >= 0.6 is 0 Å². The van der Waals surface area contributed by atoms with E-state index in [0.29, 0.717) is 0 Å². The van der Waals surface area contributed by atoms with Gasteiger partial charge in [-0.25, -0.2) is 4.98 Å². The van der Waals surface area contributed by atoms with Gasteiger partial charge in [-0.05, 0) is 36.0 Å². The first-order chi connectivity index (χ1) is 11.3. The minimum absolute atomic E-state index is 0.725. The summed E-state index contributed by atoms with van der Waals surface area (Å²) in [5, 5.41) is 10.6. The molecule has 1 aliphatic carbocycles. The number of hydrogen-bond acceptors (Lipinski definition) is 2. The molecule has 0 spiro atoms. The number of imidazole rings is 1. The first kappa shape index (κ1) is 14.2. The van der Waals surface area contributed by atoms with Gasteiger partial charge in [-0.15, -0.1) is 0 Å². The zero-order valence-corrected chi connectivity index (χ0v) is 13.0. The predicted molar refractivity (Wildman–Crippen MR) is 91.0 cm³/mol. The number of hydrogen-bond donors (Lipinski definition) is 1. The number of benzene rings is 2. The smallest absolute Gasteiger partial charge is 0.141 e. The van der Waals surface area contributed by atoms with Gasteiger partial charge in [0.2, 0.25) is 0 Å². The molecule has 1 heterocycles. The van der Waals surface area contributed by atoms with E-state index in [9.17, 15) is 5.11 Å².